The Morgan fingerprint density at radius 1 is 0.727 bits per heavy atom. The molecule has 0 saturated heterocycles. The highest BCUT2D eigenvalue weighted by Crippen LogP contribution is 2.15. The summed E-state index contributed by atoms with van der Waals surface area (Å²) >= 11 is 22.1. The summed E-state index contributed by atoms with van der Waals surface area (Å²) in [6.07, 6.45) is -1.16. The van der Waals surface area contributed by atoms with Crippen molar-refractivity contribution in [1.82, 2.24) is 0 Å². The van der Waals surface area contributed by atoms with E-state index in [1.54, 1.807) is 48.5 Å². The van der Waals surface area contributed by atoms with Gasteiger partial charge in [0.15, 0.2) is 13.2 Å². The average molecular weight is 550 g/mol. The molecule has 2 aromatic carbocycles. The first-order valence-electron chi connectivity index (χ1n) is 8.86. The van der Waals surface area contributed by atoms with Gasteiger partial charge in [0.25, 0.3) is 0 Å². The Morgan fingerprint density at radius 2 is 1.12 bits per heavy atom. The van der Waals surface area contributed by atoms with Crippen molar-refractivity contribution in [3.63, 3.8) is 0 Å². The Hall–Kier alpha value is -2.39. The first-order chi connectivity index (χ1) is 15.4. The second kappa shape index (κ2) is 19.1. The molecule has 0 aliphatic heterocycles. The molecule has 2 amide bonds. The number of amides is 2. The molecule has 2 rings (SSSR count). The number of carbonyl (C=O) groups excluding carboxylic acids is 2. The van der Waals surface area contributed by atoms with Crippen LogP contribution in [0.25, 0.3) is 0 Å². The molecule has 2 aromatic rings. The molecule has 0 atom stereocenters. The highest BCUT2D eigenvalue weighted by molar-refractivity contribution is 7.59. The summed E-state index contributed by atoms with van der Waals surface area (Å²) in [4.78, 5) is 22.4. The molecule has 0 fully saturated rings. The maximum atomic E-state index is 11.2. The van der Waals surface area contributed by atoms with Crippen LogP contribution in [-0.2, 0) is 9.47 Å². The van der Waals surface area contributed by atoms with Crippen molar-refractivity contribution in [1.29, 1.82) is 0 Å². The molecule has 0 aliphatic carbocycles. The van der Waals surface area contributed by atoms with E-state index in [-0.39, 0.29) is 38.5 Å². The summed E-state index contributed by atoms with van der Waals surface area (Å²) in [5, 5.41) is 6.11. The van der Waals surface area contributed by atoms with Crippen LogP contribution in [0.3, 0.4) is 0 Å². The fourth-order valence-corrected chi connectivity index (χ4v) is 2.41. The minimum Gasteiger partial charge on any atom is -0.436 e. The van der Waals surface area contributed by atoms with Crippen molar-refractivity contribution in [2.24, 2.45) is 0 Å². The normalized spacial score (nSPS) is 8.61. The number of carbonyl (C=O) groups is 2. The highest BCUT2D eigenvalue weighted by atomic mass is 35.5. The van der Waals surface area contributed by atoms with E-state index >= 15 is 0 Å². The summed E-state index contributed by atoms with van der Waals surface area (Å²) in [5.74, 6) is 10.7. The fraction of sp³-hybridized carbons (Fsp3) is 0.182. The Labute approximate surface area is 219 Å². The van der Waals surface area contributed by atoms with Crippen molar-refractivity contribution >= 4 is 83.5 Å². The van der Waals surface area contributed by atoms with Crippen molar-refractivity contribution in [2.75, 3.05) is 35.6 Å². The Morgan fingerprint density at radius 3 is 1.45 bits per heavy atom. The molecule has 33 heavy (non-hydrogen) atoms. The van der Waals surface area contributed by atoms with Crippen LogP contribution < -0.4 is 10.6 Å². The number of halogens is 4. The highest BCUT2D eigenvalue weighted by Gasteiger charge is 2.02. The van der Waals surface area contributed by atoms with Crippen molar-refractivity contribution in [2.45, 2.75) is 0 Å². The molecule has 0 bridgehead atoms. The van der Waals surface area contributed by atoms with Crippen LogP contribution in [0.1, 0.15) is 0 Å². The van der Waals surface area contributed by atoms with Crippen molar-refractivity contribution in [3.8, 4) is 23.7 Å². The first-order valence-corrected chi connectivity index (χ1v) is 10.7. The minimum absolute atomic E-state index is 0. The number of alkyl halides is 2. The van der Waals surface area contributed by atoms with Crippen LogP contribution in [0.5, 0.6) is 0 Å². The molecule has 176 valence electrons. The monoisotopic (exact) mass is 548 g/mol. The summed E-state index contributed by atoms with van der Waals surface area (Å²) < 4.78 is 9.53. The van der Waals surface area contributed by atoms with Crippen LogP contribution in [0.2, 0.25) is 10.0 Å². The lowest BCUT2D eigenvalue weighted by Crippen LogP contribution is -2.13. The molecular formula is C22H20Cl4N2O4S. The van der Waals surface area contributed by atoms with Gasteiger partial charge in [-0.25, -0.2) is 9.59 Å². The molecular weight excluding hydrogens is 530 g/mol. The zero-order valence-electron chi connectivity index (χ0n) is 17.1. The smallest absolute Gasteiger partial charge is 0.412 e. The van der Waals surface area contributed by atoms with E-state index < -0.39 is 12.2 Å². The van der Waals surface area contributed by atoms with E-state index in [2.05, 4.69) is 34.3 Å². The summed E-state index contributed by atoms with van der Waals surface area (Å²) in [5.41, 5.74) is 1.14. The maximum absolute atomic E-state index is 11.2. The minimum atomic E-state index is -0.578. The van der Waals surface area contributed by atoms with Gasteiger partial charge in [-0.05, 0) is 36.4 Å². The van der Waals surface area contributed by atoms with E-state index in [1.807, 2.05) is 0 Å². The third-order valence-corrected chi connectivity index (χ3v) is 3.81. The molecule has 0 aromatic heterocycles. The number of ether oxygens (including phenoxy) is 2. The van der Waals surface area contributed by atoms with Gasteiger partial charge >= 0.3 is 12.2 Å². The number of nitrogens with one attached hydrogen (secondary N) is 2. The summed E-state index contributed by atoms with van der Waals surface area (Å²) in [6, 6.07) is 13.5. The van der Waals surface area contributed by atoms with Crippen molar-refractivity contribution < 1.29 is 19.1 Å². The zero-order valence-corrected chi connectivity index (χ0v) is 21.1. The van der Waals surface area contributed by atoms with Gasteiger partial charge in [0.1, 0.15) is 0 Å². The van der Waals surface area contributed by atoms with Gasteiger partial charge in [-0.1, -0.05) is 59.0 Å². The summed E-state index contributed by atoms with van der Waals surface area (Å²) in [7, 11) is 0. The number of hydrogen-bond donors (Lipinski definition) is 2. The van der Waals surface area contributed by atoms with Gasteiger partial charge in [0, 0.05) is 21.4 Å². The van der Waals surface area contributed by atoms with E-state index in [1.165, 1.54) is 0 Å². The molecule has 0 heterocycles. The standard InChI is InChI=1S/2C11H9Cl2NO2.H2S/c2*12-6-1-2-7-16-11(15)14-10-5-3-4-9(13)8-10;/h2*3-5,8H,6-7H2,(H,14,15);1H2. The predicted octanol–water partition coefficient (Wildman–Crippen LogP) is 6.37. The lowest BCUT2D eigenvalue weighted by atomic mass is 10.3. The molecule has 2 N–H and O–H groups in total. The average Bonchev–Trinajstić information content (AvgIpc) is 2.75. The third-order valence-electron chi connectivity index (χ3n) is 3.08. The van der Waals surface area contributed by atoms with E-state index in [4.69, 9.17) is 55.9 Å². The molecule has 0 spiro atoms. The molecule has 0 saturated carbocycles. The molecule has 0 radical (unpaired) electrons. The van der Waals surface area contributed by atoms with Gasteiger partial charge in [-0.2, -0.15) is 13.5 Å². The van der Waals surface area contributed by atoms with E-state index in [0.29, 0.717) is 21.4 Å². The number of benzene rings is 2. The molecule has 11 heteroatoms. The predicted molar refractivity (Wildman–Crippen MR) is 140 cm³/mol. The molecule has 0 unspecified atom stereocenters. The second-order valence-electron chi connectivity index (χ2n) is 5.40. The molecule has 0 aliphatic rings. The van der Waals surface area contributed by atoms with Gasteiger partial charge in [0.2, 0.25) is 0 Å². The van der Waals surface area contributed by atoms with E-state index in [0.717, 1.165) is 0 Å². The number of anilines is 2. The van der Waals surface area contributed by atoms with E-state index in [9.17, 15) is 9.59 Å². The first kappa shape index (κ1) is 30.6. The van der Waals surface area contributed by atoms with Crippen LogP contribution in [0, 0.1) is 23.7 Å². The molecule has 6 nitrogen and oxygen atoms in total. The lowest BCUT2D eigenvalue weighted by Gasteiger charge is -2.04. The third kappa shape index (κ3) is 16.0. The quantitative estimate of drug-likeness (QED) is 0.343. The second-order valence-corrected chi connectivity index (χ2v) is 6.80. The van der Waals surface area contributed by atoms with Gasteiger partial charge in [-0.3, -0.25) is 10.6 Å². The van der Waals surface area contributed by atoms with Crippen LogP contribution in [-0.4, -0.2) is 37.2 Å². The number of hydrogen-bond acceptors (Lipinski definition) is 4. The Kier molecular flexibility index (Phi) is 17.7. The summed E-state index contributed by atoms with van der Waals surface area (Å²) in [6.45, 7) is 0.0260. The van der Waals surface area contributed by atoms with Gasteiger partial charge in [0.05, 0.1) is 11.8 Å². The zero-order chi connectivity index (χ0) is 23.6. The largest absolute Gasteiger partial charge is 0.436 e. The topological polar surface area (TPSA) is 76.7 Å². The lowest BCUT2D eigenvalue weighted by molar-refractivity contribution is 0.175. The van der Waals surface area contributed by atoms with Crippen LogP contribution in [0.4, 0.5) is 21.0 Å². The van der Waals surface area contributed by atoms with Crippen LogP contribution >= 0.6 is 59.9 Å². The van der Waals surface area contributed by atoms with Gasteiger partial charge < -0.3 is 9.47 Å². The number of rotatable bonds is 4. The fourth-order valence-electron chi connectivity index (χ4n) is 1.84. The Balaban J connectivity index is 0.000000602. The van der Waals surface area contributed by atoms with Gasteiger partial charge in [-0.15, -0.1) is 23.2 Å². The van der Waals surface area contributed by atoms with Crippen LogP contribution in [0.15, 0.2) is 48.5 Å². The van der Waals surface area contributed by atoms with Crippen molar-refractivity contribution in [3.05, 3.63) is 58.6 Å². The maximum Gasteiger partial charge on any atom is 0.412 e. The SMILES string of the molecule is O=C(Nc1cccc(Cl)c1)OCC#CCCl.O=C(Nc1cccc(Cl)c1)OCC#CCCl.S. The Bertz CT molecular complexity index is 935.